The van der Waals surface area contributed by atoms with E-state index >= 15 is 0 Å². The van der Waals surface area contributed by atoms with Gasteiger partial charge in [-0.3, -0.25) is 9.59 Å². The zero-order valence-corrected chi connectivity index (χ0v) is 32.4. The molecule has 13 nitrogen and oxygen atoms in total. The summed E-state index contributed by atoms with van der Waals surface area (Å²) in [6, 6.07) is 14.8. The van der Waals surface area contributed by atoms with E-state index in [0.29, 0.717) is 18.7 Å². The van der Waals surface area contributed by atoms with Crippen LogP contribution < -0.4 is 11.1 Å². The lowest BCUT2D eigenvalue weighted by atomic mass is 9.93. The van der Waals surface area contributed by atoms with E-state index in [2.05, 4.69) is 63.8 Å². The van der Waals surface area contributed by atoms with Crippen LogP contribution in [-0.2, 0) is 14.3 Å². The molecule has 2 fully saturated rings. The van der Waals surface area contributed by atoms with Crippen LogP contribution in [0.2, 0.25) is 0 Å². The summed E-state index contributed by atoms with van der Waals surface area (Å²) in [5.74, 6) is 0.886. The minimum Gasteiger partial charge on any atom is -0.453 e. The number of pyridine rings is 1. The number of nitrogens with zero attached hydrogens (tertiary/aromatic N) is 5. The summed E-state index contributed by atoms with van der Waals surface area (Å²) < 4.78 is 4.86. The van der Waals surface area contributed by atoms with Crippen LogP contribution in [0, 0.1) is 11.8 Å². The first-order chi connectivity index (χ1) is 28.3. The number of benzene rings is 2. The normalized spacial score (nSPS) is 20.7. The van der Waals surface area contributed by atoms with E-state index in [1.54, 1.807) is 0 Å². The monoisotopic (exact) mass is 777 g/mol. The van der Waals surface area contributed by atoms with Crippen molar-refractivity contribution in [2.24, 2.45) is 17.6 Å². The first-order valence-electron chi connectivity index (χ1n) is 20.2. The zero-order chi connectivity index (χ0) is 39.8. The maximum absolute atomic E-state index is 14.0. The quantitative estimate of drug-likeness (QED) is 0.118. The number of aromatic nitrogens is 5. The van der Waals surface area contributed by atoms with Crippen LogP contribution in [0.5, 0.6) is 0 Å². The van der Waals surface area contributed by atoms with E-state index in [9.17, 15) is 14.4 Å². The third-order valence-corrected chi connectivity index (χ3v) is 11.9. The Kier molecular flexibility index (Phi) is 10.2. The second-order valence-electron chi connectivity index (χ2n) is 15.5. The second-order valence-corrected chi connectivity index (χ2v) is 15.5. The number of amides is 3. The summed E-state index contributed by atoms with van der Waals surface area (Å²) in [6.07, 6.45) is 22.3. The number of carbonyl (C=O) groups is 3. The average molecular weight is 778 g/mol. The van der Waals surface area contributed by atoms with Crippen molar-refractivity contribution in [3.63, 3.8) is 0 Å². The molecular formula is C45H47N9O4. The molecule has 4 atom stereocenters. The summed E-state index contributed by atoms with van der Waals surface area (Å²) in [5, 5.41) is 4.89. The minimum atomic E-state index is -0.777. The Morgan fingerprint density at radius 1 is 0.776 bits per heavy atom. The van der Waals surface area contributed by atoms with Crippen LogP contribution in [0.3, 0.4) is 0 Å². The van der Waals surface area contributed by atoms with Crippen LogP contribution in [0.1, 0.15) is 62.3 Å². The highest BCUT2D eigenvalue weighted by molar-refractivity contribution is 5.91. The molecule has 5 heterocycles. The summed E-state index contributed by atoms with van der Waals surface area (Å²) in [7, 11) is 1.30. The minimum absolute atomic E-state index is 0.0530. The molecule has 0 unspecified atom stereocenters. The molecule has 0 spiro atoms. The molecule has 3 amide bonds. The average Bonchev–Trinajstić information content (AvgIpc) is 4.11. The molecule has 0 radical (unpaired) electrons. The van der Waals surface area contributed by atoms with Crippen LogP contribution in [0.4, 0.5) is 4.79 Å². The molecule has 2 aliphatic heterocycles. The lowest BCUT2D eigenvalue weighted by molar-refractivity contribution is -0.135. The van der Waals surface area contributed by atoms with Crippen molar-refractivity contribution in [1.82, 2.24) is 40.0 Å². The topological polar surface area (TPSA) is 175 Å². The Morgan fingerprint density at radius 2 is 1.41 bits per heavy atom. The molecule has 2 aliphatic carbocycles. The van der Waals surface area contributed by atoms with Gasteiger partial charge in [-0.25, -0.2) is 19.7 Å². The van der Waals surface area contributed by atoms with Gasteiger partial charge in [-0.2, -0.15) is 0 Å². The molecule has 296 valence electrons. The molecule has 13 heteroatoms. The molecule has 9 rings (SSSR count). The maximum atomic E-state index is 14.0. The largest absolute Gasteiger partial charge is 0.453 e. The van der Waals surface area contributed by atoms with Crippen molar-refractivity contribution in [2.45, 2.75) is 62.7 Å². The van der Waals surface area contributed by atoms with E-state index in [0.717, 1.165) is 89.0 Å². The fourth-order valence-electron chi connectivity index (χ4n) is 8.82. The summed E-state index contributed by atoms with van der Waals surface area (Å²) in [5.41, 5.74) is 11.5. The van der Waals surface area contributed by atoms with E-state index in [4.69, 9.17) is 25.4 Å². The molecule has 5 N–H and O–H groups in total. The number of allylic oxidation sites excluding steroid dienone is 4. The number of ether oxygens (including phenoxy) is 1. The SMILES string of the molecule is COC(=O)N[C@H](C(=O)N1CCC[C@H]1c1ncc(-c2ccc3cc(-c4ccc5[nH]c([C@@H]6CCCN6C(=O)[C@@H](N)C6C=CCC=C6)nc5n4)ccc3c2)[nH]1)C1C=CCC=C1. The molecule has 58 heavy (non-hydrogen) atoms. The van der Waals surface area contributed by atoms with Crippen LogP contribution in [0.25, 0.3) is 44.5 Å². The number of hydrogen-bond acceptors (Lipinski definition) is 8. The molecule has 0 saturated carbocycles. The number of fused-ring (bicyclic) bond motifs is 2. The molecular weight excluding hydrogens is 731 g/mol. The highest BCUT2D eigenvalue weighted by Gasteiger charge is 2.39. The third kappa shape index (κ3) is 7.22. The van der Waals surface area contributed by atoms with Gasteiger partial charge in [0.05, 0.1) is 48.3 Å². The number of alkyl carbamates (subject to hydrolysis) is 1. The smallest absolute Gasteiger partial charge is 0.407 e. The van der Waals surface area contributed by atoms with Gasteiger partial charge < -0.3 is 35.6 Å². The number of carbonyl (C=O) groups excluding carboxylic acids is 3. The van der Waals surface area contributed by atoms with Crippen molar-refractivity contribution in [3.8, 4) is 22.5 Å². The van der Waals surface area contributed by atoms with E-state index in [1.807, 2.05) is 64.6 Å². The van der Waals surface area contributed by atoms with Crippen LogP contribution in [0.15, 0.2) is 103 Å². The van der Waals surface area contributed by atoms with Crippen molar-refractivity contribution in [3.05, 3.63) is 115 Å². The number of likely N-dealkylation sites (tertiary alicyclic amines) is 2. The molecule has 0 bridgehead atoms. The number of aromatic amines is 2. The van der Waals surface area contributed by atoms with E-state index in [-0.39, 0.29) is 35.7 Å². The molecule has 2 saturated heterocycles. The van der Waals surface area contributed by atoms with E-state index in [1.165, 1.54) is 7.11 Å². The standard InChI is InChI=1S/C45H47N9O4/c1-58-45(57)51-39(28-12-6-3-7-13-28)44(56)54-23-8-14-36(54)41-47-26-35(50-41)32-19-17-29-24-31(18-16-30(29)25-32)33-20-21-34-40(48-33)52-42(49-34)37-15-9-22-53(37)43(55)38(46)27-10-4-2-5-11-27/h4-7,10-13,16-21,24-28,36-39H,2-3,8-9,14-15,22-23,46H2,1H3,(H,47,50)(H,51,57)(H,48,49,52)/t36-,37-,38-,39-/m0/s1. The Balaban J connectivity index is 0.906. The Bertz CT molecular complexity index is 2470. The van der Waals surface area contributed by atoms with Gasteiger partial charge in [-0.05, 0) is 73.6 Å². The number of nitrogens with two attached hydrogens (primary N) is 1. The molecule has 4 aliphatic rings. The fraction of sp³-hybridized carbons (Fsp3) is 0.333. The number of nitrogens with one attached hydrogen (secondary N) is 3. The number of H-pyrrole nitrogens is 2. The van der Waals surface area contributed by atoms with E-state index < -0.39 is 18.2 Å². The summed E-state index contributed by atoms with van der Waals surface area (Å²) in [4.78, 5) is 65.0. The van der Waals surface area contributed by atoms with Crippen molar-refractivity contribution >= 4 is 39.8 Å². The first-order valence-corrected chi connectivity index (χ1v) is 20.2. The number of rotatable bonds is 9. The Labute approximate surface area is 336 Å². The van der Waals surface area contributed by atoms with Gasteiger partial charge >= 0.3 is 6.09 Å². The molecule has 2 aromatic carbocycles. The lowest BCUT2D eigenvalue weighted by Gasteiger charge is -2.31. The summed E-state index contributed by atoms with van der Waals surface area (Å²) >= 11 is 0. The van der Waals surface area contributed by atoms with Gasteiger partial charge in [0.15, 0.2) is 5.65 Å². The van der Waals surface area contributed by atoms with Gasteiger partial charge in [0.2, 0.25) is 11.8 Å². The van der Waals surface area contributed by atoms with Gasteiger partial charge in [0.1, 0.15) is 17.7 Å². The summed E-state index contributed by atoms with van der Waals surface area (Å²) in [6.45, 7) is 1.23. The first kappa shape index (κ1) is 37.2. The lowest BCUT2D eigenvalue weighted by Crippen LogP contribution is -2.51. The van der Waals surface area contributed by atoms with Gasteiger partial charge in [0.25, 0.3) is 0 Å². The van der Waals surface area contributed by atoms with Gasteiger partial charge in [-0.15, -0.1) is 0 Å². The zero-order valence-electron chi connectivity index (χ0n) is 32.4. The predicted octanol–water partition coefficient (Wildman–Crippen LogP) is 6.81. The Hall–Kier alpha value is -6.34. The third-order valence-electron chi connectivity index (χ3n) is 11.9. The maximum Gasteiger partial charge on any atom is 0.407 e. The van der Waals surface area contributed by atoms with Crippen molar-refractivity contribution < 1.29 is 19.1 Å². The van der Waals surface area contributed by atoms with Gasteiger partial charge in [0, 0.05) is 36.1 Å². The Morgan fingerprint density at radius 3 is 2.12 bits per heavy atom. The van der Waals surface area contributed by atoms with Crippen LogP contribution >= 0.6 is 0 Å². The predicted molar refractivity (Wildman–Crippen MR) is 222 cm³/mol. The number of methoxy groups -OCH3 is 1. The fourth-order valence-corrected chi connectivity index (χ4v) is 8.82. The highest BCUT2D eigenvalue weighted by Crippen LogP contribution is 2.36. The number of imidazole rings is 2. The van der Waals surface area contributed by atoms with Crippen LogP contribution in [-0.4, -0.2) is 84.9 Å². The second kappa shape index (κ2) is 15.9. The van der Waals surface area contributed by atoms with Crippen molar-refractivity contribution in [1.29, 1.82) is 0 Å². The molecule has 3 aromatic heterocycles. The number of hydrogen-bond donors (Lipinski definition) is 4. The molecule has 5 aromatic rings. The van der Waals surface area contributed by atoms with Crippen molar-refractivity contribution in [2.75, 3.05) is 20.2 Å². The van der Waals surface area contributed by atoms with Gasteiger partial charge in [-0.1, -0.05) is 72.9 Å². The highest BCUT2D eigenvalue weighted by atomic mass is 16.5.